The molecule has 4 saturated carbocycles. The maximum absolute atomic E-state index is 12.4. The molecule has 1 aliphatic heterocycles. The number of allylic oxidation sites excluding steroid dienone is 1. The van der Waals surface area contributed by atoms with Crippen molar-refractivity contribution in [2.24, 2.45) is 34.5 Å². The van der Waals surface area contributed by atoms with Crippen molar-refractivity contribution in [3.8, 4) is 28.7 Å². The number of aryl methyl sites for hydroxylation is 1. The van der Waals surface area contributed by atoms with Crippen molar-refractivity contribution < 1.29 is 30.6 Å². The Morgan fingerprint density at radius 2 is 1.62 bits per heavy atom. The summed E-state index contributed by atoms with van der Waals surface area (Å²) in [6, 6.07) is 18.8. The quantitative estimate of drug-likeness (QED) is 0.0458. The molecule has 8 N–H and O–H groups in total. The van der Waals surface area contributed by atoms with Gasteiger partial charge >= 0.3 is 0 Å². The van der Waals surface area contributed by atoms with Crippen LogP contribution in [0.1, 0.15) is 110 Å². The predicted molar refractivity (Wildman–Crippen MR) is 236 cm³/mol. The summed E-state index contributed by atoms with van der Waals surface area (Å²) in [5.74, 6) is 0.640. The van der Waals surface area contributed by atoms with Gasteiger partial charge in [0.2, 0.25) is 0 Å². The first kappa shape index (κ1) is 38.7. The summed E-state index contributed by atoms with van der Waals surface area (Å²) in [7, 11) is 0. The molecular weight excluding hydrogens is 763 g/mol. The number of aromatic hydroxyl groups is 5. The van der Waals surface area contributed by atoms with Gasteiger partial charge in [-0.3, -0.25) is 0 Å². The van der Waals surface area contributed by atoms with Gasteiger partial charge in [0.25, 0.3) is 0 Å². The van der Waals surface area contributed by atoms with E-state index in [4.69, 9.17) is 4.98 Å². The van der Waals surface area contributed by atoms with Gasteiger partial charge in [0.05, 0.1) is 17.8 Å². The molecular formula is C52H57N3O6. The summed E-state index contributed by atoms with van der Waals surface area (Å²) >= 11 is 0. The molecule has 10 atom stereocenters. The van der Waals surface area contributed by atoms with E-state index in [0.717, 1.165) is 18.4 Å². The lowest BCUT2D eigenvalue weighted by molar-refractivity contribution is -0.197. The molecule has 1 aromatic heterocycles. The van der Waals surface area contributed by atoms with Gasteiger partial charge in [-0.05, 0) is 145 Å². The minimum atomic E-state index is -0.483. The Balaban J connectivity index is 0.911. The number of hydrogen-bond acceptors (Lipinski definition) is 8. The van der Waals surface area contributed by atoms with E-state index in [9.17, 15) is 30.6 Å². The highest BCUT2D eigenvalue weighted by atomic mass is 16.3. The molecule has 5 fully saturated rings. The molecule has 10 unspecified atom stereocenters. The highest BCUT2D eigenvalue weighted by molar-refractivity contribution is 6.03. The highest BCUT2D eigenvalue weighted by Gasteiger charge is 2.76. The average molecular weight is 820 g/mol. The van der Waals surface area contributed by atoms with Crippen molar-refractivity contribution in [2.75, 3.05) is 0 Å². The molecule has 2 spiro atoms. The van der Waals surface area contributed by atoms with E-state index in [1.165, 1.54) is 87.2 Å². The number of benzene rings is 4. The first-order chi connectivity index (χ1) is 29.6. The number of aromatic amines is 1. The normalized spacial score (nSPS) is 33.9. The zero-order valence-electron chi connectivity index (χ0n) is 34.6. The third-order valence-electron chi connectivity index (χ3n) is 17.3. The number of nitrogens with one attached hydrogen (secondary N) is 2. The molecule has 1 saturated heterocycles. The number of piperidine rings is 1. The van der Waals surface area contributed by atoms with Crippen LogP contribution in [0, 0.1) is 34.5 Å². The Hall–Kier alpha value is -5.25. The molecule has 5 aromatic rings. The molecule has 0 amide bonds. The lowest BCUT2D eigenvalue weighted by atomic mass is 9.33. The number of phenols is 5. The molecule has 61 heavy (non-hydrogen) atoms. The summed E-state index contributed by atoms with van der Waals surface area (Å²) in [5.41, 5.74) is 5.43. The molecule has 11 rings (SSSR count). The van der Waals surface area contributed by atoms with Crippen LogP contribution in [-0.4, -0.2) is 52.8 Å². The van der Waals surface area contributed by atoms with Crippen LogP contribution in [0.4, 0.5) is 0 Å². The Labute approximate surface area is 356 Å². The van der Waals surface area contributed by atoms with Crippen molar-refractivity contribution in [1.29, 1.82) is 0 Å². The Bertz CT molecular complexity index is 2550. The van der Waals surface area contributed by atoms with E-state index >= 15 is 0 Å². The molecule has 0 bridgehead atoms. The lowest BCUT2D eigenvalue weighted by Crippen LogP contribution is -2.76. The SMILES string of the molecule is Oc1ccc(C=Cc2c(CCc3ccc(C4CCC5CC6CCCC67CCC68CCCC6C=CC(O)C8C7(c6cnc[nH]6)C5N4)cc3)c(O)c(O)c3c(O)cccc23)cc1O. The fourth-order valence-corrected chi connectivity index (χ4v) is 15.0. The van der Waals surface area contributed by atoms with Crippen LogP contribution in [0.2, 0.25) is 0 Å². The van der Waals surface area contributed by atoms with Crippen molar-refractivity contribution in [2.45, 2.75) is 107 Å². The minimum absolute atomic E-state index is 0.108. The molecule has 6 aliphatic rings. The van der Waals surface area contributed by atoms with Crippen molar-refractivity contribution >= 4 is 22.9 Å². The van der Waals surface area contributed by atoms with Crippen LogP contribution in [0.3, 0.4) is 0 Å². The third kappa shape index (κ3) is 5.61. The first-order valence-corrected chi connectivity index (χ1v) is 22.7. The van der Waals surface area contributed by atoms with Gasteiger partial charge in [-0.25, -0.2) is 4.98 Å². The Morgan fingerprint density at radius 1 is 0.770 bits per heavy atom. The van der Waals surface area contributed by atoms with Crippen molar-refractivity contribution in [3.63, 3.8) is 0 Å². The van der Waals surface area contributed by atoms with Crippen LogP contribution in [-0.2, 0) is 18.3 Å². The van der Waals surface area contributed by atoms with E-state index in [1.807, 2.05) is 18.5 Å². The van der Waals surface area contributed by atoms with Gasteiger partial charge in [-0.15, -0.1) is 0 Å². The van der Waals surface area contributed by atoms with Crippen LogP contribution >= 0.6 is 0 Å². The van der Waals surface area contributed by atoms with Gasteiger partial charge in [0.15, 0.2) is 23.0 Å². The average Bonchev–Trinajstić information content (AvgIpc) is 4.05. The van der Waals surface area contributed by atoms with Crippen LogP contribution in [0.5, 0.6) is 28.7 Å². The number of nitrogens with zero attached hydrogens (tertiary/aromatic N) is 1. The molecule has 5 aliphatic carbocycles. The van der Waals surface area contributed by atoms with Gasteiger partial charge in [0, 0.05) is 40.9 Å². The van der Waals surface area contributed by atoms with E-state index in [-0.39, 0.29) is 68.4 Å². The molecule has 0 radical (unpaired) electrons. The molecule has 4 aromatic carbocycles. The Kier molecular flexibility index (Phi) is 9.14. The fraction of sp³-hybridized carbons (Fsp3) is 0.442. The number of fused-ring (bicyclic) bond motifs is 4. The standard InChI is InChI=1S/C52H57N3O6/c56-40-20-12-31(26-43(40)59)11-17-36-37-6-1-7-41(57)45(37)47(61)46(60)38(36)18-10-30-8-13-32(14-9-30)39-19-15-33-27-35-5-3-23-51(35)25-24-50-22-2-4-34(50)16-21-42(58)48(50)52(51,49(33)55-39)44-28-53-29-54-44/h1,6-9,11-14,16-17,20-21,26,28-29,33-35,39,42,48-49,55-61H,2-5,10,15,18-19,22-25,27H2,(H,53,54). The number of rotatable bonds is 7. The maximum atomic E-state index is 12.4. The smallest absolute Gasteiger partial charge is 0.169 e. The zero-order valence-corrected chi connectivity index (χ0v) is 34.6. The molecule has 9 nitrogen and oxygen atoms in total. The highest BCUT2D eigenvalue weighted by Crippen LogP contribution is 2.77. The van der Waals surface area contributed by atoms with Crippen LogP contribution in [0.25, 0.3) is 22.9 Å². The second kappa shape index (κ2) is 14.4. The first-order valence-electron chi connectivity index (χ1n) is 22.7. The summed E-state index contributed by atoms with van der Waals surface area (Å²) in [6.45, 7) is 0. The number of imidazole rings is 1. The fourth-order valence-electron chi connectivity index (χ4n) is 15.0. The summed E-state index contributed by atoms with van der Waals surface area (Å²) in [4.78, 5) is 8.47. The largest absolute Gasteiger partial charge is 0.507 e. The number of aliphatic hydroxyl groups is 1. The second-order valence-electron chi connectivity index (χ2n) is 19.5. The number of aromatic nitrogens is 2. The van der Waals surface area contributed by atoms with E-state index in [0.29, 0.717) is 52.7 Å². The maximum Gasteiger partial charge on any atom is 0.169 e. The van der Waals surface area contributed by atoms with E-state index in [1.54, 1.807) is 18.2 Å². The molecule has 316 valence electrons. The van der Waals surface area contributed by atoms with Gasteiger partial charge < -0.3 is 40.9 Å². The van der Waals surface area contributed by atoms with E-state index in [2.05, 4.69) is 52.9 Å². The van der Waals surface area contributed by atoms with Gasteiger partial charge in [0.1, 0.15) is 5.75 Å². The number of H-pyrrole nitrogens is 1. The number of phenolic OH excluding ortho intramolecular Hbond substituents is 5. The topological polar surface area (TPSA) is 162 Å². The predicted octanol–water partition coefficient (Wildman–Crippen LogP) is 9.71. The van der Waals surface area contributed by atoms with E-state index < -0.39 is 6.10 Å². The van der Waals surface area contributed by atoms with Crippen molar-refractivity contribution in [1.82, 2.24) is 15.3 Å². The van der Waals surface area contributed by atoms with Crippen molar-refractivity contribution in [3.05, 3.63) is 119 Å². The second-order valence-corrected chi connectivity index (χ2v) is 19.5. The van der Waals surface area contributed by atoms with Crippen LogP contribution in [0.15, 0.2) is 85.3 Å². The zero-order chi connectivity index (χ0) is 41.7. The molecule has 2 heterocycles. The Morgan fingerprint density at radius 3 is 2.44 bits per heavy atom. The van der Waals surface area contributed by atoms with Gasteiger partial charge in [-0.2, -0.15) is 0 Å². The third-order valence-corrected chi connectivity index (χ3v) is 17.3. The summed E-state index contributed by atoms with van der Waals surface area (Å²) < 4.78 is 0. The minimum Gasteiger partial charge on any atom is -0.507 e. The van der Waals surface area contributed by atoms with Gasteiger partial charge in [-0.1, -0.05) is 79.6 Å². The monoisotopic (exact) mass is 819 g/mol. The van der Waals surface area contributed by atoms with Crippen LogP contribution < -0.4 is 5.32 Å². The number of aliphatic hydroxyl groups excluding tert-OH is 1. The molecule has 9 heteroatoms. The number of hydrogen-bond donors (Lipinski definition) is 8. The summed E-state index contributed by atoms with van der Waals surface area (Å²) in [5, 5.41) is 70.8. The summed E-state index contributed by atoms with van der Waals surface area (Å²) in [6.07, 6.45) is 26.1. The lowest BCUT2D eigenvalue weighted by Gasteiger charge is -2.72.